The molecule has 3 nitrogen and oxygen atoms in total. The standard InChI is InChI=1S/C18H25N3/c1-2-16(13-7-4-3-5-8-13)21-17-11-10-15(19)18-14(17)9-6-12-20-18/h6,9-13,16,21H,2-5,7-8,19H2,1H3. The summed E-state index contributed by atoms with van der Waals surface area (Å²) in [5.74, 6) is 0.799. The Bertz CT molecular complexity index is 602. The van der Waals surface area contributed by atoms with Gasteiger partial charge in [-0.25, -0.2) is 0 Å². The van der Waals surface area contributed by atoms with Crippen LogP contribution in [0.4, 0.5) is 11.4 Å². The molecule has 1 fully saturated rings. The lowest BCUT2D eigenvalue weighted by atomic mass is 9.83. The molecule has 0 bridgehead atoms. The normalized spacial score (nSPS) is 17.8. The first-order valence-electron chi connectivity index (χ1n) is 8.19. The summed E-state index contributed by atoms with van der Waals surface area (Å²) in [5, 5.41) is 4.90. The van der Waals surface area contributed by atoms with Crippen molar-refractivity contribution in [3.05, 3.63) is 30.5 Å². The smallest absolute Gasteiger partial charge is 0.0951 e. The fraction of sp³-hybridized carbons (Fsp3) is 0.500. The SMILES string of the molecule is CCC(Nc1ccc(N)c2ncccc12)C1CCCCC1. The molecule has 3 heteroatoms. The molecule has 1 unspecified atom stereocenters. The maximum Gasteiger partial charge on any atom is 0.0951 e. The largest absolute Gasteiger partial charge is 0.397 e. The number of aromatic nitrogens is 1. The van der Waals surface area contributed by atoms with Gasteiger partial charge in [-0.3, -0.25) is 4.98 Å². The maximum absolute atomic E-state index is 6.04. The molecule has 21 heavy (non-hydrogen) atoms. The van der Waals surface area contributed by atoms with Gasteiger partial charge < -0.3 is 11.1 Å². The number of rotatable bonds is 4. The number of hydrogen-bond acceptors (Lipinski definition) is 3. The fourth-order valence-corrected chi connectivity index (χ4v) is 3.61. The van der Waals surface area contributed by atoms with Gasteiger partial charge in [0.1, 0.15) is 0 Å². The van der Waals surface area contributed by atoms with Gasteiger partial charge >= 0.3 is 0 Å². The van der Waals surface area contributed by atoms with E-state index in [1.807, 2.05) is 12.1 Å². The van der Waals surface area contributed by atoms with Crippen LogP contribution in [0.5, 0.6) is 0 Å². The van der Waals surface area contributed by atoms with Crippen molar-refractivity contribution in [2.75, 3.05) is 11.1 Å². The van der Waals surface area contributed by atoms with E-state index in [0.29, 0.717) is 6.04 Å². The molecule has 0 amide bonds. The van der Waals surface area contributed by atoms with Gasteiger partial charge in [0, 0.05) is 23.3 Å². The second kappa shape index (κ2) is 6.33. The molecule has 1 aliphatic rings. The van der Waals surface area contributed by atoms with Crippen LogP contribution < -0.4 is 11.1 Å². The quantitative estimate of drug-likeness (QED) is 0.807. The number of hydrogen-bond donors (Lipinski definition) is 2. The molecular formula is C18H25N3. The van der Waals surface area contributed by atoms with Gasteiger partial charge in [-0.05, 0) is 49.4 Å². The number of benzene rings is 1. The molecule has 1 heterocycles. The number of nitrogen functional groups attached to an aromatic ring is 1. The summed E-state index contributed by atoms with van der Waals surface area (Å²) < 4.78 is 0. The molecule has 0 radical (unpaired) electrons. The Kier molecular flexibility index (Phi) is 4.28. The zero-order valence-corrected chi connectivity index (χ0v) is 12.8. The van der Waals surface area contributed by atoms with E-state index in [9.17, 15) is 0 Å². The molecule has 112 valence electrons. The van der Waals surface area contributed by atoms with E-state index >= 15 is 0 Å². The highest BCUT2D eigenvalue weighted by atomic mass is 14.9. The van der Waals surface area contributed by atoms with Crippen molar-refractivity contribution >= 4 is 22.3 Å². The molecule has 2 aromatic rings. The third-order valence-corrected chi connectivity index (χ3v) is 4.80. The van der Waals surface area contributed by atoms with E-state index in [2.05, 4.69) is 29.4 Å². The van der Waals surface area contributed by atoms with Gasteiger partial charge in [-0.2, -0.15) is 0 Å². The van der Waals surface area contributed by atoms with Gasteiger partial charge in [-0.15, -0.1) is 0 Å². The molecule has 3 N–H and O–H groups in total. The van der Waals surface area contributed by atoms with E-state index < -0.39 is 0 Å². The van der Waals surface area contributed by atoms with Crippen LogP contribution >= 0.6 is 0 Å². The molecule has 0 saturated heterocycles. The molecule has 1 aromatic carbocycles. The highest BCUT2D eigenvalue weighted by Gasteiger charge is 2.22. The predicted molar refractivity (Wildman–Crippen MR) is 90.4 cm³/mol. The Morgan fingerprint density at radius 1 is 1.24 bits per heavy atom. The number of nitrogens with two attached hydrogens (primary N) is 1. The van der Waals surface area contributed by atoms with Crippen molar-refractivity contribution in [2.24, 2.45) is 5.92 Å². The third kappa shape index (κ3) is 2.97. The number of fused-ring (bicyclic) bond motifs is 1. The zero-order chi connectivity index (χ0) is 14.7. The predicted octanol–water partition coefficient (Wildman–Crippen LogP) is 4.59. The van der Waals surface area contributed by atoms with E-state index in [0.717, 1.165) is 28.9 Å². The molecule has 3 rings (SSSR count). The number of pyridine rings is 1. The minimum atomic E-state index is 0.553. The summed E-state index contributed by atoms with van der Waals surface area (Å²) in [5.41, 5.74) is 8.87. The monoisotopic (exact) mass is 283 g/mol. The average Bonchev–Trinajstić information content (AvgIpc) is 2.55. The summed E-state index contributed by atoms with van der Waals surface area (Å²) in [7, 11) is 0. The van der Waals surface area contributed by atoms with Gasteiger partial charge in [0.2, 0.25) is 0 Å². The second-order valence-corrected chi connectivity index (χ2v) is 6.16. The second-order valence-electron chi connectivity index (χ2n) is 6.16. The maximum atomic E-state index is 6.04. The van der Waals surface area contributed by atoms with Crippen LogP contribution in [0.2, 0.25) is 0 Å². The Labute approximate surface area is 127 Å². The van der Waals surface area contributed by atoms with Crippen LogP contribution in [0.15, 0.2) is 30.5 Å². The van der Waals surface area contributed by atoms with Crippen molar-refractivity contribution in [1.29, 1.82) is 0 Å². The minimum Gasteiger partial charge on any atom is -0.397 e. The summed E-state index contributed by atoms with van der Waals surface area (Å²) in [6.07, 6.45) is 9.85. The van der Waals surface area contributed by atoms with Crippen LogP contribution in [0, 0.1) is 5.92 Å². The lowest BCUT2D eigenvalue weighted by molar-refractivity contribution is 0.313. The summed E-state index contributed by atoms with van der Waals surface area (Å²) in [6.45, 7) is 2.28. The highest BCUT2D eigenvalue weighted by molar-refractivity contribution is 5.98. The third-order valence-electron chi connectivity index (χ3n) is 4.80. The van der Waals surface area contributed by atoms with E-state index in [4.69, 9.17) is 5.73 Å². The average molecular weight is 283 g/mol. The number of nitrogens with one attached hydrogen (secondary N) is 1. The first-order valence-corrected chi connectivity index (χ1v) is 8.19. The molecule has 1 aliphatic carbocycles. The topological polar surface area (TPSA) is 50.9 Å². The van der Waals surface area contributed by atoms with Crippen LogP contribution in [0.1, 0.15) is 45.4 Å². The molecule has 1 aromatic heterocycles. The summed E-state index contributed by atoms with van der Waals surface area (Å²) >= 11 is 0. The summed E-state index contributed by atoms with van der Waals surface area (Å²) in [4.78, 5) is 4.42. The van der Waals surface area contributed by atoms with Gasteiger partial charge in [0.05, 0.1) is 11.2 Å². The van der Waals surface area contributed by atoms with Crippen molar-refractivity contribution in [2.45, 2.75) is 51.5 Å². The summed E-state index contributed by atoms with van der Waals surface area (Å²) in [6, 6.07) is 8.71. The van der Waals surface area contributed by atoms with Crippen LogP contribution in [0.3, 0.4) is 0 Å². The molecule has 1 saturated carbocycles. The van der Waals surface area contributed by atoms with E-state index in [1.165, 1.54) is 37.8 Å². The first kappa shape index (κ1) is 14.2. The Hall–Kier alpha value is -1.77. The van der Waals surface area contributed by atoms with Gasteiger partial charge in [0.25, 0.3) is 0 Å². The van der Waals surface area contributed by atoms with E-state index in [1.54, 1.807) is 6.20 Å². The van der Waals surface area contributed by atoms with Gasteiger partial charge in [-0.1, -0.05) is 26.2 Å². The van der Waals surface area contributed by atoms with Crippen molar-refractivity contribution in [3.63, 3.8) is 0 Å². The Morgan fingerprint density at radius 3 is 2.81 bits per heavy atom. The van der Waals surface area contributed by atoms with Crippen molar-refractivity contribution in [1.82, 2.24) is 4.98 Å². The van der Waals surface area contributed by atoms with Crippen molar-refractivity contribution in [3.8, 4) is 0 Å². The number of nitrogens with zero attached hydrogens (tertiary/aromatic N) is 1. The number of anilines is 2. The van der Waals surface area contributed by atoms with Crippen LogP contribution in [-0.2, 0) is 0 Å². The molecule has 1 atom stereocenters. The lowest BCUT2D eigenvalue weighted by Gasteiger charge is -2.31. The Balaban J connectivity index is 1.87. The van der Waals surface area contributed by atoms with Crippen LogP contribution in [-0.4, -0.2) is 11.0 Å². The molecule has 0 aliphatic heterocycles. The van der Waals surface area contributed by atoms with Crippen LogP contribution in [0.25, 0.3) is 10.9 Å². The van der Waals surface area contributed by atoms with Crippen molar-refractivity contribution < 1.29 is 0 Å². The fourth-order valence-electron chi connectivity index (χ4n) is 3.61. The van der Waals surface area contributed by atoms with E-state index in [-0.39, 0.29) is 0 Å². The highest BCUT2D eigenvalue weighted by Crippen LogP contribution is 2.32. The molecular weight excluding hydrogens is 258 g/mol. The first-order chi connectivity index (χ1) is 10.3. The minimum absolute atomic E-state index is 0.553. The zero-order valence-electron chi connectivity index (χ0n) is 12.8. The van der Waals surface area contributed by atoms with Gasteiger partial charge in [0.15, 0.2) is 0 Å². The Morgan fingerprint density at radius 2 is 2.05 bits per heavy atom. The molecule has 0 spiro atoms. The lowest BCUT2D eigenvalue weighted by Crippen LogP contribution is -2.30.